The summed E-state index contributed by atoms with van der Waals surface area (Å²) in [5.74, 6) is 0. The molecule has 1 aromatic carbocycles. The standard InChI is InChI=1S/C19H24N2O2/c1-19(2,3)23-18(22)21-12-5-4-8-17(21)15-9-10-16-14(13-15)7-6-11-20-16/h6-7,9-11,13,17H,4-5,8,12H2,1-3H3/t17-/m0/s1. The Bertz CT molecular complexity index is 706. The number of amides is 1. The number of likely N-dealkylation sites (tertiary alicyclic amines) is 1. The van der Waals surface area contributed by atoms with Gasteiger partial charge in [-0.1, -0.05) is 12.1 Å². The van der Waals surface area contributed by atoms with Crippen molar-refractivity contribution in [2.45, 2.75) is 51.7 Å². The van der Waals surface area contributed by atoms with E-state index in [1.54, 1.807) is 6.20 Å². The molecule has 4 heteroatoms. The number of nitrogens with zero attached hydrogens (tertiary/aromatic N) is 2. The zero-order valence-corrected chi connectivity index (χ0v) is 14.1. The summed E-state index contributed by atoms with van der Waals surface area (Å²) in [4.78, 5) is 18.8. The van der Waals surface area contributed by atoms with Crippen LogP contribution in [-0.2, 0) is 4.74 Å². The Balaban J connectivity index is 1.89. The molecule has 1 atom stereocenters. The van der Waals surface area contributed by atoms with Gasteiger partial charge in [-0.25, -0.2) is 4.79 Å². The Kier molecular flexibility index (Phi) is 4.24. The number of fused-ring (bicyclic) bond motifs is 1. The van der Waals surface area contributed by atoms with Crippen molar-refractivity contribution in [1.29, 1.82) is 0 Å². The Hall–Kier alpha value is -2.10. The van der Waals surface area contributed by atoms with Crippen LogP contribution in [0.5, 0.6) is 0 Å². The Morgan fingerprint density at radius 3 is 2.87 bits per heavy atom. The smallest absolute Gasteiger partial charge is 0.410 e. The van der Waals surface area contributed by atoms with Crippen LogP contribution in [0.3, 0.4) is 0 Å². The molecular formula is C19H24N2O2. The summed E-state index contributed by atoms with van der Waals surface area (Å²) in [5.41, 5.74) is 1.68. The zero-order valence-electron chi connectivity index (χ0n) is 14.1. The van der Waals surface area contributed by atoms with Crippen molar-refractivity contribution in [2.24, 2.45) is 0 Å². The highest BCUT2D eigenvalue weighted by Gasteiger charge is 2.31. The van der Waals surface area contributed by atoms with Crippen molar-refractivity contribution in [2.75, 3.05) is 6.54 Å². The fourth-order valence-corrected chi connectivity index (χ4v) is 3.12. The van der Waals surface area contributed by atoms with Gasteiger partial charge in [-0.15, -0.1) is 0 Å². The van der Waals surface area contributed by atoms with Crippen LogP contribution in [-0.4, -0.2) is 28.1 Å². The van der Waals surface area contributed by atoms with Crippen molar-refractivity contribution in [1.82, 2.24) is 9.88 Å². The van der Waals surface area contributed by atoms with Gasteiger partial charge in [-0.3, -0.25) is 4.98 Å². The van der Waals surface area contributed by atoms with Crippen molar-refractivity contribution in [3.05, 3.63) is 42.1 Å². The molecule has 1 aliphatic heterocycles. The summed E-state index contributed by atoms with van der Waals surface area (Å²) in [6, 6.07) is 10.4. The lowest BCUT2D eigenvalue weighted by Crippen LogP contribution is -2.41. The number of hydrogen-bond donors (Lipinski definition) is 0. The van der Waals surface area contributed by atoms with Gasteiger partial charge in [-0.2, -0.15) is 0 Å². The van der Waals surface area contributed by atoms with Crippen LogP contribution in [0.4, 0.5) is 4.79 Å². The summed E-state index contributed by atoms with van der Waals surface area (Å²) in [6.45, 7) is 6.48. The second kappa shape index (κ2) is 6.19. The highest BCUT2D eigenvalue weighted by molar-refractivity contribution is 5.79. The minimum Gasteiger partial charge on any atom is -0.444 e. The predicted molar refractivity (Wildman–Crippen MR) is 91.3 cm³/mol. The minimum absolute atomic E-state index is 0.0863. The molecule has 0 saturated carbocycles. The molecule has 2 aromatic rings. The Morgan fingerprint density at radius 2 is 2.09 bits per heavy atom. The minimum atomic E-state index is -0.466. The molecule has 2 heterocycles. The SMILES string of the molecule is CC(C)(C)OC(=O)N1CCCC[C@H]1c1ccc2ncccc2c1. The third-order valence-electron chi connectivity index (χ3n) is 4.14. The van der Waals surface area contributed by atoms with Gasteiger partial charge in [0, 0.05) is 18.1 Å². The molecule has 0 aliphatic carbocycles. The maximum atomic E-state index is 12.6. The number of benzene rings is 1. The average Bonchev–Trinajstić information content (AvgIpc) is 2.53. The van der Waals surface area contributed by atoms with E-state index in [9.17, 15) is 4.79 Å². The maximum absolute atomic E-state index is 12.6. The largest absolute Gasteiger partial charge is 0.444 e. The lowest BCUT2D eigenvalue weighted by atomic mass is 9.94. The summed E-state index contributed by atoms with van der Waals surface area (Å²) in [5, 5.41) is 1.11. The molecular weight excluding hydrogens is 288 g/mol. The number of carbonyl (C=O) groups is 1. The summed E-state index contributed by atoms with van der Waals surface area (Å²) in [7, 11) is 0. The van der Waals surface area contributed by atoms with E-state index in [2.05, 4.69) is 23.2 Å². The van der Waals surface area contributed by atoms with Gasteiger partial charge >= 0.3 is 6.09 Å². The lowest BCUT2D eigenvalue weighted by Gasteiger charge is -2.37. The van der Waals surface area contributed by atoms with E-state index in [0.29, 0.717) is 0 Å². The monoisotopic (exact) mass is 312 g/mol. The van der Waals surface area contributed by atoms with Crippen LogP contribution in [0.2, 0.25) is 0 Å². The second-order valence-corrected chi connectivity index (χ2v) is 7.14. The van der Waals surface area contributed by atoms with E-state index >= 15 is 0 Å². The number of piperidine rings is 1. The van der Waals surface area contributed by atoms with Gasteiger partial charge in [0.25, 0.3) is 0 Å². The van der Waals surface area contributed by atoms with E-state index in [0.717, 1.165) is 42.3 Å². The van der Waals surface area contributed by atoms with Crippen LogP contribution in [0.1, 0.15) is 51.6 Å². The number of ether oxygens (including phenoxy) is 1. The van der Waals surface area contributed by atoms with E-state index in [1.807, 2.05) is 37.8 Å². The van der Waals surface area contributed by atoms with Crippen LogP contribution < -0.4 is 0 Å². The number of rotatable bonds is 1. The molecule has 122 valence electrons. The highest BCUT2D eigenvalue weighted by atomic mass is 16.6. The summed E-state index contributed by atoms with van der Waals surface area (Å²) in [6.07, 6.45) is 4.73. The molecule has 1 amide bonds. The van der Waals surface area contributed by atoms with E-state index < -0.39 is 5.60 Å². The number of pyridine rings is 1. The molecule has 0 spiro atoms. The zero-order chi connectivity index (χ0) is 16.4. The van der Waals surface area contributed by atoms with Crippen LogP contribution in [0.25, 0.3) is 10.9 Å². The summed E-state index contributed by atoms with van der Waals surface area (Å²) < 4.78 is 5.59. The van der Waals surface area contributed by atoms with Crippen molar-refractivity contribution in [3.63, 3.8) is 0 Å². The number of carbonyl (C=O) groups excluding carboxylic acids is 1. The molecule has 1 fully saturated rings. The van der Waals surface area contributed by atoms with E-state index in [4.69, 9.17) is 4.74 Å². The highest BCUT2D eigenvalue weighted by Crippen LogP contribution is 2.33. The Labute approximate surface area is 137 Å². The van der Waals surface area contributed by atoms with Gasteiger partial charge in [0.2, 0.25) is 0 Å². The van der Waals surface area contributed by atoms with Crippen molar-refractivity contribution < 1.29 is 9.53 Å². The summed E-state index contributed by atoms with van der Waals surface area (Å²) >= 11 is 0. The van der Waals surface area contributed by atoms with Gasteiger partial charge in [0.05, 0.1) is 11.6 Å². The molecule has 1 aromatic heterocycles. The van der Waals surface area contributed by atoms with E-state index in [-0.39, 0.29) is 12.1 Å². The van der Waals surface area contributed by atoms with Gasteiger partial charge in [0.1, 0.15) is 5.60 Å². The van der Waals surface area contributed by atoms with Crippen LogP contribution >= 0.6 is 0 Å². The van der Waals surface area contributed by atoms with Crippen LogP contribution in [0.15, 0.2) is 36.5 Å². The topological polar surface area (TPSA) is 42.4 Å². The average molecular weight is 312 g/mol. The predicted octanol–water partition coefficient (Wildman–Crippen LogP) is 4.70. The van der Waals surface area contributed by atoms with Gasteiger partial charge in [0.15, 0.2) is 0 Å². The second-order valence-electron chi connectivity index (χ2n) is 7.14. The molecule has 0 unspecified atom stereocenters. The van der Waals surface area contributed by atoms with Crippen molar-refractivity contribution in [3.8, 4) is 0 Å². The van der Waals surface area contributed by atoms with Crippen molar-refractivity contribution >= 4 is 17.0 Å². The molecule has 1 saturated heterocycles. The normalized spacial score (nSPS) is 18.9. The molecule has 0 N–H and O–H groups in total. The number of aromatic nitrogens is 1. The Morgan fingerprint density at radius 1 is 1.26 bits per heavy atom. The third kappa shape index (κ3) is 3.63. The van der Waals surface area contributed by atoms with Crippen LogP contribution in [0, 0.1) is 0 Å². The lowest BCUT2D eigenvalue weighted by molar-refractivity contribution is 0.00953. The van der Waals surface area contributed by atoms with Gasteiger partial charge < -0.3 is 9.64 Å². The molecule has 23 heavy (non-hydrogen) atoms. The molecule has 0 radical (unpaired) electrons. The third-order valence-corrected chi connectivity index (χ3v) is 4.14. The fraction of sp³-hybridized carbons (Fsp3) is 0.474. The number of hydrogen-bond acceptors (Lipinski definition) is 3. The first-order valence-electron chi connectivity index (χ1n) is 8.28. The van der Waals surface area contributed by atoms with E-state index in [1.165, 1.54) is 0 Å². The molecule has 4 nitrogen and oxygen atoms in total. The molecule has 0 bridgehead atoms. The first-order chi connectivity index (χ1) is 10.9. The fourth-order valence-electron chi connectivity index (χ4n) is 3.12. The first kappa shape index (κ1) is 15.8. The molecule has 3 rings (SSSR count). The first-order valence-corrected chi connectivity index (χ1v) is 8.28. The maximum Gasteiger partial charge on any atom is 0.410 e. The van der Waals surface area contributed by atoms with Gasteiger partial charge in [-0.05, 0) is 63.8 Å². The quantitative estimate of drug-likeness (QED) is 0.766. The molecule has 1 aliphatic rings.